The lowest BCUT2D eigenvalue weighted by atomic mass is 10.6. The van der Waals surface area contributed by atoms with Gasteiger partial charge in [0.25, 0.3) is 0 Å². The van der Waals surface area contributed by atoms with Crippen LogP contribution in [-0.4, -0.2) is 38.5 Å². The fraction of sp³-hybridized carbons (Fsp3) is 1.00. The molecule has 0 aliphatic heterocycles. The van der Waals surface area contributed by atoms with Crippen LogP contribution in [0, 0.1) is 0 Å². The van der Waals surface area contributed by atoms with Crippen molar-refractivity contribution in [3.05, 3.63) is 0 Å². The van der Waals surface area contributed by atoms with Crippen molar-refractivity contribution < 1.29 is 17.5 Å². The fourth-order valence-electron chi connectivity index (χ4n) is 0.773. The van der Waals surface area contributed by atoms with Crippen LogP contribution in [0.25, 0.3) is 0 Å². The van der Waals surface area contributed by atoms with Crippen LogP contribution >= 0.6 is 28.5 Å². The van der Waals surface area contributed by atoms with Gasteiger partial charge in [-0.15, -0.1) is 0 Å². The summed E-state index contributed by atoms with van der Waals surface area (Å²) < 4.78 is 39.3. The molecular formula is C8H19O4PS3. The van der Waals surface area contributed by atoms with Crippen LogP contribution in [0.2, 0.25) is 0 Å². The molecule has 8 heteroatoms. The van der Waals surface area contributed by atoms with Crippen molar-refractivity contribution >= 4 is 38.4 Å². The van der Waals surface area contributed by atoms with Gasteiger partial charge in [-0.2, -0.15) is 0 Å². The van der Waals surface area contributed by atoms with E-state index in [2.05, 4.69) is 0 Å². The maximum absolute atomic E-state index is 12.2. The van der Waals surface area contributed by atoms with Gasteiger partial charge >= 0.3 is 5.77 Å². The highest BCUT2D eigenvalue weighted by atomic mass is 33.1. The van der Waals surface area contributed by atoms with E-state index in [1.54, 1.807) is 6.92 Å². The molecule has 0 radical (unpaired) electrons. The van der Waals surface area contributed by atoms with Crippen LogP contribution in [0.4, 0.5) is 0 Å². The van der Waals surface area contributed by atoms with E-state index in [0.29, 0.717) is 12.4 Å². The lowest BCUT2D eigenvalue weighted by Crippen LogP contribution is -2.05. The molecule has 0 spiro atoms. The van der Waals surface area contributed by atoms with Crippen LogP contribution in [0.15, 0.2) is 0 Å². The summed E-state index contributed by atoms with van der Waals surface area (Å²) in [4.78, 5) is 0. The van der Waals surface area contributed by atoms with Crippen molar-refractivity contribution in [2.75, 3.05) is 30.1 Å². The minimum absolute atomic E-state index is 0.0431. The molecule has 16 heavy (non-hydrogen) atoms. The number of sulfone groups is 1. The second-order valence-electron chi connectivity index (χ2n) is 3.16. The quantitative estimate of drug-likeness (QED) is 0.610. The average molecular weight is 306 g/mol. The predicted molar refractivity (Wildman–Crippen MR) is 74.2 cm³/mol. The number of rotatable bonds is 9. The second kappa shape index (κ2) is 8.03. The minimum Gasteiger partial charge on any atom is -0.314 e. The standard InChI is InChI=1S/C8H19O4PS3/c1-4-6-14-13(9,12-5-2)15-7-8-16(3,10)11/h4-8H2,1-3H3. The van der Waals surface area contributed by atoms with Crippen LogP contribution in [0.1, 0.15) is 20.3 Å². The minimum atomic E-state index is -2.99. The van der Waals surface area contributed by atoms with E-state index in [4.69, 9.17) is 4.52 Å². The Labute approximate surface area is 106 Å². The molecule has 4 nitrogen and oxygen atoms in total. The van der Waals surface area contributed by atoms with Gasteiger partial charge in [0.1, 0.15) is 9.84 Å². The first kappa shape index (κ1) is 16.8. The van der Waals surface area contributed by atoms with Crippen LogP contribution in [-0.2, 0) is 18.9 Å². The van der Waals surface area contributed by atoms with Gasteiger partial charge in [-0.25, -0.2) is 8.42 Å². The molecule has 0 fully saturated rings. The molecule has 0 aromatic rings. The van der Waals surface area contributed by atoms with Gasteiger partial charge in [0.05, 0.1) is 12.4 Å². The Bertz CT molecular complexity index is 328. The summed E-state index contributed by atoms with van der Waals surface area (Å²) >= 11 is 2.43. The Morgan fingerprint density at radius 2 is 1.75 bits per heavy atom. The zero-order chi connectivity index (χ0) is 12.7. The van der Waals surface area contributed by atoms with Gasteiger partial charge in [0, 0.05) is 17.8 Å². The Kier molecular flexibility index (Phi) is 8.45. The van der Waals surface area contributed by atoms with E-state index < -0.39 is 15.6 Å². The Balaban J connectivity index is 4.17. The lowest BCUT2D eigenvalue weighted by Gasteiger charge is -2.15. The van der Waals surface area contributed by atoms with Crippen molar-refractivity contribution in [1.82, 2.24) is 0 Å². The molecule has 1 atom stereocenters. The highest BCUT2D eigenvalue weighted by Gasteiger charge is 2.24. The largest absolute Gasteiger partial charge is 0.314 e. The number of hydrogen-bond acceptors (Lipinski definition) is 6. The van der Waals surface area contributed by atoms with Crippen LogP contribution < -0.4 is 0 Å². The van der Waals surface area contributed by atoms with Crippen molar-refractivity contribution in [3.63, 3.8) is 0 Å². The molecule has 0 saturated carbocycles. The Morgan fingerprint density at radius 3 is 2.19 bits per heavy atom. The molecule has 0 rings (SSSR count). The van der Waals surface area contributed by atoms with Crippen molar-refractivity contribution in [3.8, 4) is 0 Å². The molecule has 0 aromatic heterocycles. The van der Waals surface area contributed by atoms with Crippen LogP contribution in [0.3, 0.4) is 0 Å². The predicted octanol–water partition coefficient (Wildman–Crippen LogP) is 3.05. The summed E-state index contributed by atoms with van der Waals surface area (Å²) in [6, 6.07) is 0. The fourth-order valence-corrected chi connectivity index (χ4v) is 9.33. The van der Waals surface area contributed by atoms with Gasteiger partial charge in [-0.05, 0) is 13.3 Å². The van der Waals surface area contributed by atoms with Crippen molar-refractivity contribution in [2.45, 2.75) is 20.3 Å². The lowest BCUT2D eigenvalue weighted by molar-refractivity contribution is 0.357. The van der Waals surface area contributed by atoms with Crippen molar-refractivity contribution in [2.24, 2.45) is 0 Å². The Hall–Kier alpha value is 0.840. The van der Waals surface area contributed by atoms with E-state index >= 15 is 0 Å². The van der Waals surface area contributed by atoms with E-state index in [1.165, 1.54) is 17.6 Å². The maximum atomic E-state index is 12.2. The average Bonchev–Trinajstić information content (AvgIpc) is 2.13. The normalized spacial score (nSPS) is 15.9. The number of hydrogen-bond donors (Lipinski definition) is 0. The summed E-state index contributed by atoms with van der Waals surface area (Å²) in [7, 11) is -2.99. The molecule has 98 valence electrons. The first-order chi connectivity index (χ1) is 7.33. The van der Waals surface area contributed by atoms with Crippen LogP contribution in [0.5, 0.6) is 0 Å². The first-order valence-corrected chi connectivity index (χ1v) is 11.9. The smallest absolute Gasteiger partial charge is 0.313 e. The highest BCUT2D eigenvalue weighted by Crippen LogP contribution is 2.69. The summed E-state index contributed by atoms with van der Waals surface area (Å²) in [6.45, 7) is 4.18. The summed E-state index contributed by atoms with van der Waals surface area (Å²) in [5.74, 6) is -1.62. The molecule has 0 N–H and O–H groups in total. The van der Waals surface area contributed by atoms with Crippen molar-refractivity contribution in [1.29, 1.82) is 0 Å². The molecule has 1 unspecified atom stereocenters. The summed E-state index contributed by atoms with van der Waals surface area (Å²) in [5.41, 5.74) is 0. The van der Waals surface area contributed by atoms with Gasteiger partial charge in [0.15, 0.2) is 0 Å². The molecule has 0 aromatic carbocycles. The molecule has 0 aliphatic carbocycles. The molecule has 0 heterocycles. The molecular weight excluding hydrogens is 287 g/mol. The highest BCUT2D eigenvalue weighted by molar-refractivity contribution is 8.89. The maximum Gasteiger partial charge on any atom is 0.313 e. The first-order valence-electron chi connectivity index (χ1n) is 5.04. The zero-order valence-electron chi connectivity index (χ0n) is 9.84. The third-order valence-electron chi connectivity index (χ3n) is 1.44. The third kappa shape index (κ3) is 8.93. The topological polar surface area (TPSA) is 60.4 Å². The van der Waals surface area contributed by atoms with Gasteiger partial charge in [0.2, 0.25) is 0 Å². The zero-order valence-corrected chi connectivity index (χ0v) is 13.2. The third-order valence-corrected chi connectivity index (χ3v) is 10.4. The van der Waals surface area contributed by atoms with E-state index in [-0.39, 0.29) is 5.75 Å². The van der Waals surface area contributed by atoms with E-state index in [1.807, 2.05) is 6.92 Å². The molecule has 0 aliphatic rings. The SMILES string of the molecule is CCCSP(=O)(OCC)SCCS(C)(=O)=O. The summed E-state index contributed by atoms with van der Waals surface area (Å²) in [6.07, 6.45) is 2.10. The van der Waals surface area contributed by atoms with E-state index in [9.17, 15) is 13.0 Å². The summed E-state index contributed by atoms with van der Waals surface area (Å²) in [5, 5.41) is 0. The molecule has 0 saturated heterocycles. The molecule has 0 amide bonds. The second-order valence-corrected chi connectivity index (χ2v) is 13.0. The van der Waals surface area contributed by atoms with Gasteiger partial charge in [-0.1, -0.05) is 29.7 Å². The van der Waals surface area contributed by atoms with E-state index in [0.717, 1.165) is 23.6 Å². The monoisotopic (exact) mass is 306 g/mol. The van der Waals surface area contributed by atoms with Gasteiger partial charge < -0.3 is 4.52 Å². The Morgan fingerprint density at radius 1 is 1.19 bits per heavy atom. The van der Waals surface area contributed by atoms with Gasteiger partial charge in [-0.3, -0.25) is 4.57 Å². The molecule has 0 bridgehead atoms.